The zero-order chi connectivity index (χ0) is 15.4. The van der Waals surface area contributed by atoms with E-state index in [9.17, 15) is 5.11 Å². The maximum absolute atomic E-state index is 9.81. The highest BCUT2D eigenvalue weighted by Gasteiger charge is 2.10. The smallest absolute Gasteiger partial charge is 0.130 e. The van der Waals surface area contributed by atoms with Crippen LogP contribution in [0.15, 0.2) is 46.9 Å². The van der Waals surface area contributed by atoms with Crippen LogP contribution in [0, 0.1) is 0 Å². The Bertz CT molecular complexity index is 591. The minimum atomic E-state index is -0.405. The van der Waals surface area contributed by atoms with Gasteiger partial charge in [-0.25, -0.2) is 0 Å². The largest absolute Gasteiger partial charge is 0.457 e. The van der Waals surface area contributed by atoms with E-state index in [0.717, 1.165) is 21.5 Å². The molecule has 1 unspecified atom stereocenters. The summed E-state index contributed by atoms with van der Waals surface area (Å²) in [5.74, 6) is 2.04. The van der Waals surface area contributed by atoms with Crippen molar-refractivity contribution in [3.05, 3.63) is 58.1 Å². The summed E-state index contributed by atoms with van der Waals surface area (Å²) >= 11 is 3.50. The molecular weight excluding hydrogens is 328 g/mol. The molecule has 1 N–H and O–H groups in total. The predicted octanol–water partition coefficient (Wildman–Crippen LogP) is 5.81. The first-order chi connectivity index (χ1) is 10.0. The number of aliphatic hydroxyl groups excluding tert-OH is 1. The van der Waals surface area contributed by atoms with E-state index in [4.69, 9.17) is 4.74 Å². The van der Waals surface area contributed by atoms with Gasteiger partial charge in [0.2, 0.25) is 0 Å². The Balaban J connectivity index is 2.22. The van der Waals surface area contributed by atoms with Crippen molar-refractivity contribution in [2.45, 2.75) is 39.2 Å². The summed E-state index contributed by atoms with van der Waals surface area (Å²) in [7, 11) is 0. The SMILES string of the molecule is CCC(O)c1ccc(Oc2ccc(Br)cc2C(C)C)cc1. The third kappa shape index (κ3) is 4.08. The van der Waals surface area contributed by atoms with E-state index in [1.807, 2.05) is 43.3 Å². The van der Waals surface area contributed by atoms with Crippen molar-refractivity contribution in [2.75, 3.05) is 0 Å². The zero-order valence-electron chi connectivity index (χ0n) is 12.6. The Morgan fingerprint density at radius 2 is 1.76 bits per heavy atom. The molecule has 0 amide bonds. The van der Waals surface area contributed by atoms with Gasteiger partial charge in [-0.05, 0) is 53.8 Å². The number of rotatable bonds is 5. The van der Waals surface area contributed by atoms with E-state index in [0.29, 0.717) is 12.3 Å². The molecule has 0 saturated carbocycles. The second-order valence-corrected chi connectivity index (χ2v) is 6.35. The van der Waals surface area contributed by atoms with E-state index < -0.39 is 6.10 Å². The van der Waals surface area contributed by atoms with Crippen LogP contribution in [0.4, 0.5) is 0 Å². The molecule has 3 heteroatoms. The third-order valence-electron chi connectivity index (χ3n) is 3.47. The van der Waals surface area contributed by atoms with Crippen molar-refractivity contribution < 1.29 is 9.84 Å². The maximum atomic E-state index is 9.81. The Kier molecular flexibility index (Phi) is 5.43. The second-order valence-electron chi connectivity index (χ2n) is 5.43. The highest BCUT2D eigenvalue weighted by atomic mass is 79.9. The summed E-state index contributed by atoms with van der Waals surface area (Å²) in [6.45, 7) is 6.26. The normalized spacial score (nSPS) is 12.5. The molecule has 0 fully saturated rings. The van der Waals surface area contributed by atoms with E-state index in [-0.39, 0.29) is 0 Å². The van der Waals surface area contributed by atoms with Crippen LogP contribution < -0.4 is 4.74 Å². The van der Waals surface area contributed by atoms with Crippen molar-refractivity contribution in [1.82, 2.24) is 0 Å². The molecule has 0 radical (unpaired) electrons. The lowest BCUT2D eigenvalue weighted by Gasteiger charge is -2.15. The van der Waals surface area contributed by atoms with Crippen molar-refractivity contribution in [2.24, 2.45) is 0 Å². The van der Waals surface area contributed by atoms with Gasteiger partial charge in [-0.3, -0.25) is 0 Å². The van der Waals surface area contributed by atoms with Gasteiger partial charge in [0.15, 0.2) is 0 Å². The van der Waals surface area contributed by atoms with Crippen molar-refractivity contribution >= 4 is 15.9 Å². The van der Waals surface area contributed by atoms with Crippen LogP contribution in [-0.4, -0.2) is 5.11 Å². The van der Waals surface area contributed by atoms with Gasteiger partial charge >= 0.3 is 0 Å². The molecule has 112 valence electrons. The van der Waals surface area contributed by atoms with Crippen LogP contribution >= 0.6 is 15.9 Å². The van der Waals surface area contributed by atoms with Crippen molar-refractivity contribution in [3.63, 3.8) is 0 Å². The van der Waals surface area contributed by atoms with Crippen LogP contribution in [0.5, 0.6) is 11.5 Å². The lowest BCUT2D eigenvalue weighted by atomic mass is 10.0. The summed E-state index contributed by atoms with van der Waals surface area (Å²) in [6, 6.07) is 13.7. The summed E-state index contributed by atoms with van der Waals surface area (Å²) in [5.41, 5.74) is 2.09. The Morgan fingerprint density at radius 1 is 1.10 bits per heavy atom. The molecule has 0 aromatic heterocycles. The fourth-order valence-electron chi connectivity index (χ4n) is 2.18. The predicted molar refractivity (Wildman–Crippen MR) is 90.0 cm³/mol. The quantitative estimate of drug-likeness (QED) is 0.738. The number of halogens is 1. The molecule has 0 aliphatic heterocycles. The minimum absolute atomic E-state index is 0.388. The average Bonchev–Trinajstić information content (AvgIpc) is 2.49. The first-order valence-electron chi connectivity index (χ1n) is 7.26. The second kappa shape index (κ2) is 7.10. The molecule has 0 bridgehead atoms. The minimum Gasteiger partial charge on any atom is -0.457 e. The molecule has 21 heavy (non-hydrogen) atoms. The van der Waals surface area contributed by atoms with E-state index >= 15 is 0 Å². The van der Waals surface area contributed by atoms with Gasteiger partial charge in [0, 0.05) is 4.47 Å². The Labute approximate surface area is 134 Å². The first kappa shape index (κ1) is 16.1. The molecule has 1 atom stereocenters. The van der Waals surface area contributed by atoms with Crippen molar-refractivity contribution in [3.8, 4) is 11.5 Å². The lowest BCUT2D eigenvalue weighted by Crippen LogP contribution is -1.96. The standard InChI is InChI=1S/C18H21BrO2/c1-4-17(20)13-5-8-15(9-6-13)21-18-10-7-14(19)11-16(18)12(2)3/h5-12,17,20H,4H2,1-3H3. The Hall–Kier alpha value is -1.32. The van der Waals surface area contributed by atoms with Crippen LogP contribution in [0.25, 0.3) is 0 Å². The van der Waals surface area contributed by atoms with E-state index in [2.05, 4.69) is 35.8 Å². The lowest BCUT2D eigenvalue weighted by molar-refractivity contribution is 0.173. The van der Waals surface area contributed by atoms with Crippen molar-refractivity contribution in [1.29, 1.82) is 0 Å². The molecule has 2 aromatic rings. The molecule has 0 aliphatic rings. The molecule has 0 heterocycles. The third-order valence-corrected chi connectivity index (χ3v) is 3.97. The fourth-order valence-corrected chi connectivity index (χ4v) is 2.56. The number of aliphatic hydroxyl groups is 1. The number of benzene rings is 2. The average molecular weight is 349 g/mol. The summed E-state index contributed by atoms with van der Waals surface area (Å²) in [5, 5.41) is 9.81. The molecule has 0 aliphatic carbocycles. The van der Waals surface area contributed by atoms with Crippen LogP contribution in [0.1, 0.15) is 50.3 Å². The topological polar surface area (TPSA) is 29.5 Å². The summed E-state index contributed by atoms with van der Waals surface area (Å²) in [6.07, 6.45) is 0.308. The first-order valence-corrected chi connectivity index (χ1v) is 8.06. The zero-order valence-corrected chi connectivity index (χ0v) is 14.2. The van der Waals surface area contributed by atoms with Gasteiger partial charge in [0.1, 0.15) is 11.5 Å². The van der Waals surface area contributed by atoms with Crippen LogP contribution in [0.3, 0.4) is 0 Å². The molecule has 2 rings (SSSR count). The molecule has 2 nitrogen and oxygen atoms in total. The maximum Gasteiger partial charge on any atom is 0.130 e. The van der Waals surface area contributed by atoms with E-state index in [1.54, 1.807) is 0 Å². The molecule has 2 aromatic carbocycles. The molecular formula is C18H21BrO2. The number of hydrogen-bond acceptors (Lipinski definition) is 2. The highest BCUT2D eigenvalue weighted by Crippen LogP contribution is 2.33. The summed E-state index contributed by atoms with van der Waals surface area (Å²) < 4.78 is 7.05. The van der Waals surface area contributed by atoms with Gasteiger partial charge in [-0.2, -0.15) is 0 Å². The van der Waals surface area contributed by atoms with Gasteiger partial charge in [0.25, 0.3) is 0 Å². The van der Waals surface area contributed by atoms with Gasteiger partial charge < -0.3 is 9.84 Å². The summed E-state index contributed by atoms with van der Waals surface area (Å²) in [4.78, 5) is 0. The fraction of sp³-hybridized carbons (Fsp3) is 0.333. The molecule has 0 saturated heterocycles. The number of ether oxygens (including phenoxy) is 1. The Morgan fingerprint density at radius 3 is 2.33 bits per heavy atom. The van der Waals surface area contributed by atoms with E-state index in [1.165, 1.54) is 5.56 Å². The van der Waals surface area contributed by atoms with Crippen LogP contribution in [-0.2, 0) is 0 Å². The van der Waals surface area contributed by atoms with Crippen LogP contribution in [0.2, 0.25) is 0 Å². The van der Waals surface area contributed by atoms with Gasteiger partial charge in [-0.15, -0.1) is 0 Å². The van der Waals surface area contributed by atoms with Gasteiger partial charge in [-0.1, -0.05) is 48.8 Å². The van der Waals surface area contributed by atoms with Gasteiger partial charge in [0.05, 0.1) is 6.10 Å². The monoisotopic (exact) mass is 348 g/mol. The highest BCUT2D eigenvalue weighted by molar-refractivity contribution is 9.10. The molecule has 0 spiro atoms. The number of hydrogen-bond donors (Lipinski definition) is 1.